The van der Waals surface area contributed by atoms with Gasteiger partial charge in [0.05, 0.1) is 10.9 Å². The summed E-state index contributed by atoms with van der Waals surface area (Å²) < 4.78 is 0.688. The molecule has 0 aliphatic carbocycles. The molecule has 5 nitrogen and oxygen atoms in total. The lowest BCUT2D eigenvalue weighted by molar-refractivity contribution is 0.179. The smallest absolute Gasteiger partial charge is 0.191 e. The molecule has 0 spiro atoms. The fraction of sp³-hybridized carbons (Fsp3) is 0.550. The van der Waals surface area contributed by atoms with Gasteiger partial charge in [0.15, 0.2) is 5.96 Å². The minimum Gasteiger partial charge on any atom is -0.386 e. The zero-order valence-electron chi connectivity index (χ0n) is 16.2. The zero-order valence-corrected chi connectivity index (χ0v) is 18.6. The third-order valence-corrected chi connectivity index (χ3v) is 7.11. The molecular weight excluding hydrogens is 412 g/mol. The van der Waals surface area contributed by atoms with Gasteiger partial charge in [-0.1, -0.05) is 17.7 Å². The minimum absolute atomic E-state index is 0.325. The number of nitrogens with zero attached hydrogens (tertiary/aromatic N) is 2. The van der Waals surface area contributed by atoms with Gasteiger partial charge in [-0.25, -0.2) is 0 Å². The van der Waals surface area contributed by atoms with Crippen molar-refractivity contribution in [2.75, 3.05) is 32.7 Å². The SMILES string of the molecule is CCNC(=NCC(O)c1ccc(Cl)s1)NCC1CCN(Cc2cccs2)CC1. The second-order valence-electron chi connectivity index (χ2n) is 7.06. The monoisotopic (exact) mass is 440 g/mol. The first kappa shape index (κ1) is 21.6. The second kappa shape index (κ2) is 11.2. The number of nitrogens with one attached hydrogen (secondary N) is 2. The predicted molar refractivity (Wildman–Crippen MR) is 121 cm³/mol. The van der Waals surface area contributed by atoms with E-state index in [4.69, 9.17) is 11.6 Å². The Hall–Kier alpha value is -1.12. The number of aliphatic hydroxyl groups excluding tert-OH is 1. The summed E-state index contributed by atoms with van der Waals surface area (Å²) in [6.07, 6.45) is 1.79. The number of thiophene rings is 2. The van der Waals surface area contributed by atoms with Crippen molar-refractivity contribution >= 4 is 40.2 Å². The maximum atomic E-state index is 10.3. The molecule has 3 N–H and O–H groups in total. The summed E-state index contributed by atoms with van der Waals surface area (Å²) in [6, 6.07) is 8.01. The molecular formula is C20H29ClN4OS2. The first-order valence-corrected chi connectivity index (χ1v) is 11.9. The van der Waals surface area contributed by atoms with E-state index in [2.05, 4.69) is 45.0 Å². The molecule has 0 aromatic carbocycles. The van der Waals surface area contributed by atoms with Crippen LogP contribution < -0.4 is 10.6 Å². The third kappa shape index (κ3) is 6.74. The van der Waals surface area contributed by atoms with Gasteiger partial charge in [-0.2, -0.15) is 0 Å². The summed E-state index contributed by atoms with van der Waals surface area (Å²) in [5, 5.41) is 19.2. The molecule has 154 valence electrons. The summed E-state index contributed by atoms with van der Waals surface area (Å²) in [7, 11) is 0. The van der Waals surface area contributed by atoms with Crippen molar-refractivity contribution in [3.05, 3.63) is 43.7 Å². The highest BCUT2D eigenvalue weighted by molar-refractivity contribution is 7.16. The topological polar surface area (TPSA) is 59.9 Å². The number of aliphatic hydroxyl groups is 1. The molecule has 0 radical (unpaired) electrons. The van der Waals surface area contributed by atoms with E-state index >= 15 is 0 Å². The van der Waals surface area contributed by atoms with Crippen molar-refractivity contribution in [3.8, 4) is 0 Å². The number of aliphatic imine (C=N–C) groups is 1. The van der Waals surface area contributed by atoms with E-state index in [1.807, 2.05) is 23.5 Å². The van der Waals surface area contributed by atoms with Crippen LogP contribution in [0.15, 0.2) is 34.6 Å². The van der Waals surface area contributed by atoms with Crippen LogP contribution in [0.25, 0.3) is 0 Å². The Balaban J connectivity index is 1.42. The van der Waals surface area contributed by atoms with Crippen LogP contribution in [0.2, 0.25) is 4.34 Å². The van der Waals surface area contributed by atoms with Gasteiger partial charge < -0.3 is 15.7 Å². The van der Waals surface area contributed by atoms with E-state index in [1.165, 1.54) is 29.1 Å². The standard InChI is InChI=1S/C20H29ClN4OS2/c1-2-22-20(24-13-17(26)18-5-6-19(21)28-18)23-12-15-7-9-25(10-8-15)14-16-4-3-11-27-16/h3-6,11,15,17,26H,2,7-10,12-14H2,1H3,(H2,22,23,24). The molecule has 0 saturated carbocycles. The minimum atomic E-state index is -0.617. The summed E-state index contributed by atoms with van der Waals surface area (Å²) in [5.41, 5.74) is 0. The van der Waals surface area contributed by atoms with Gasteiger partial charge in [0.25, 0.3) is 0 Å². The average molecular weight is 441 g/mol. The molecule has 2 aromatic heterocycles. The van der Waals surface area contributed by atoms with Crippen LogP contribution in [0.1, 0.15) is 35.6 Å². The number of hydrogen-bond acceptors (Lipinski definition) is 5. The van der Waals surface area contributed by atoms with Crippen LogP contribution in [-0.2, 0) is 6.54 Å². The Morgan fingerprint density at radius 3 is 2.79 bits per heavy atom. The van der Waals surface area contributed by atoms with Gasteiger partial charge in [0.1, 0.15) is 6.10 Å². The van der Waals surface area contributed by atoms with Crippen LogP contribution in [0.4, 0.5) is 0 Å². The number of rotatable bonds is 8. The van der Waals surface area contributed by atoms with Crippen molar-refractivity contribution in [1.82, 2.24) is 15.5 Å². The van der Waals surface area contributed by atoms with Gasteiger partial charge in [-0.05, 0) is 62.4 Å². The molecule has 0 bridgehead atoms. The van der Waals surface area contributed by atoms with Gasteiger partial charge in [0.2, 0.25) is 0 Å². The number of guanidine groups is 1. The number of piperidine rings is 1. The molecule has 2 aromatic rings. The number of hydrogen-bond donors (Lipinski definition) is 3. The average Bonchev–Trinajstić information content (AvgIpc) is 3.36. The summed E-state index contributed by atoms with van der Waals surface area (Å²) in [4.78, 5) is 9.39. The molecule has 1 atom stereocenters. The largest absolute Gasteiger partial charge is 0.386 e. The highest BCUT2D eigenvalue weighted by Gasteiger charge is 2.20. The van der Waals surface area contributed by atoms with Gasteiger partial charge >= 0.3 is 0 Å². The van der Waals surface area contributed by atoms with Crippen molar-refractivity contribution in [3.63, 3.8) is 0 Å². The van der Waals surface area contributed by atoms with Crippen molar-refractivity contribution in [2.45, 2.75) is 32.4 Å². The maximum Gasteiger partial charge on any atom is 0.191 e. The van der Waals surface area contributed by atoms with Crippen LogP contribution in [0.3, 0.4) is 0 Å². The van der Waals surface area contributed by atoms with Crippen molar-refractivity contribution in [2.24, 2.45) is 10.9 Å². The van der Waals surface area contributed by atoms with E-state index in [9.17, 15) is 5.11 Å². The lowest BCUT2D eigenvalue weighted by Crippen LogP contribution is -2.42. The van der Waals surface area contributed by atoms with E-state index in [1.54, 1.807) is 0 Å². The fourth-order valence-corrected chi connectivity index (χ4v) is 5.11. The summed E-state index contributed by atoms with van der Waals surface area (Å²) >= 11 is 9.19. The Morgan fingerprint density at radius 2 is 2.14 bits per heavy atom. The molecule has 1 unspecified atom stereocenters. The van der Waals surface area contributed by atoms with E-state index in [0.29, 0.717) is 16.8 Å². The predicted octanol–water partition coefficient (Wildman–Crippen LogP) is 3.96. The van der Waals surface area contributed by atoms with E-state index in [-0.39, 0.29) is 0 Å². The second-order valence-corrected chi connectivity index (χ2v) is 9.84. The highest BCUT2D eigenvalue weighted by Crippen LogP contribution is 2.27. The highest BCUT2D eigenvalue weighted by atomic mass is 35.5. The molecule has 28 heavy (non-hydrogen) atoms. The zero-order chi connectivity index (χ0) is 19.8. The van der Waals surface area contributed by atoms with E-state index < -0.39 is 6.10 Å². The molecule has 8 heteroatoms. The number of likely N-dealkylation sites (tertiary alicyclic amines) is 1. The third-order valence-electron chi connectivity index (χ3n) is 4.91. The molecule has 1 aliphatic rings. The van der Waals surface area contributed by atoms with Crippen LogP contribution in [0.5, 0.6) is 0 Å². The summed E-state index contributed by atoms with van der Waals surface area (Å²) in [6.45, 7) is 7.46. The Bertz CT molecular complexity index is 726. The van der Waals surface area contributed by atoms with Gasteiger partial charge in [-0.3, -0.25) is 9.89 Å². The van der Waals surface area contributed by atoms with Crippen molar-refractivity contribution < 1.29 is 5.11 Å². The molecule has 3 rings (SSSR count). The quantitative estimate of drug-likeness (QED) is 0.429. The number of halogens is 1. The molecule has 1 fully saturated rings. The Kier molecular flexibility index (Phi) is 8.61. The van der Waals surface area contributed by atoms with Crippen LogP contribution in [-0.4, -0.2) is 48.7 Å². The van der Waals surface area contributed by atoms with Crippen molar-refractivity contribution in [1.29, 1.82) is 0 Å². The Morgan fingerprint density at radius 1 is 1.32 bits per heavy atom. The summed E-state index contributed by atoms with van der Waals surface area (Å²) in [5.74, 6) is 1.43. The lowest BCUT2D eigenvalue weighted by Gasteiger charge is -2.32. The Labute approximate surface area is 180 Å². The molecule has 0 amide bonds. The van der Waals surface area contributed by atoms with Gasteiger partial charge in [-0.15, -0.1) is 22.7 Å². The first-order chi connectivity index (χ1) is 13.6. The maximum absolute atomic E-state index is 10.3. The van der Waals surface area contributed by atoms with Crippen LogP contribution in [0, 0.1) is 5.92 Å². The fourth-order valence-electron chi connectivity index (χ4n) is 3.33. The molecule has 1 saturated heterocycles. The normalized spacial score (nSPS) is 17.6. The van der Waals surface area contributed by atoms with E-state index in [0.717, 1.165) is 43.6 Å². The molecule has 3 heterocycles. The van der Waals surface area contributed by atoms with Gasteiger partial charge in [0, 0.05) is 29.4 Å². The first-order valence-electron chi connectivity index (χ1n) is 9.84. The van der Waals surface area contributed by atoms with Crippen LogP contribution >= 0.6 is 34.3 Å². The lowest BCUT2D eigenvalue weighted by atomic mass is 9.97. The molecule has 1 aliphatic heterocycles.